The molecule has 0 saturated heterocycles. The Bertz CT molecular complexity index is 325. The maximum absolute atomic E-state index is 12.9. The standard InChI is InChI=1S/C9H15F2N.C7H13N.C2H6/c1-8(2)12-6-4-3-5-9(10,11)7-12;1-8-6-4-2-3-5-7-8;1-2/h3,5,8H,4,6-7H2,1-2H3;2,4H,3,5-7H2,1H3;1-2H3. The van der Waals surface area contributed by atoms with E-state index >= 15 is 0 Å². The third-order valence-corrected chi connectivity index (χ3v) is 3.58. The van der Waals surface area contributed by atoms with E-state index < -0.39 is 5.92 Å². The third-order valence-electron chi connectivity index (χ3n) is 3.58. The average Bonchev–Trinajstić information content (AvgIpc) is 2.81. The van der Waals surface area contributed by atoms with Gasteiger partial charge in [0.15, 0.2) is 0 Å². The molecule has 0 amide bonds. The maximum Gasteiger partial charge on any atom is 0.278 e. The van der Waals surface area contributed by atoms with Crippen molar-refractivity contribution in [3.63, 3.8) is 0 Å². The average molecular weight is 316 g/mol. The summed E-state index contributed by atoms with van der Waals surface area (Å²) in [6, 6.07) is 0.204. The number of halogens is 2. The van der Waals surface area contributed by atoms with Crippen LogP contribution in [0.5, 0.6) is 0 Å². The van der Waals surface area contributed by atoms with Crippen LogP contribution >= 0.6 is 0 Å². The number of likely N-dealkylation sites (N-methyl/N-ethyl adjacent to an activating group) is 1. The summed E-state index contributed by atoms with van der Waals surface area (Å²) in [6.07, 6.45) is 10.4. The summed E-state index contributed by atoms with van der Waals surface area (Å²) < 4.78 is 25.9. The zero-order valence-electron chi connectivity index (χ0n) is 15.0. The van der Waals surface area contributed by atoms with E-state index in [1.165, 1.54) is 19.4 Å². The molecule has 0 N–H and O–H groups in total. The van der Waals surface area contributed by atoms with Gasteiger partial charge in [0.25, 0.3) is 5.92 Å². The molecule has 0 aromatic carbocycles. The van der Waals surface area contributed by atoms with Crippen molar-refractivity contribution in [1.29, 1.82) is 0 Å². The maximum atomic E-state index is 12.9. The van der Waals surface area contributed by atoms with Gasteiger partial charge >= 0.3 is 0 Å². The summed E-state index contributed by atoms with van der Waals surface area (Å²) in [4.78, 5) is 4.14. The Morgan fingerprint density at radius 1 is 1.00 bits per heavy atom. The van der Waals surface area contributed by atoms with Crippen molar-refractivity contribution in [1.82, 2.24) is 9.80 Å². The van der Waals surface area contributed by atoms with Crippen LogP contribution in [0.3, 0.4) is 0 Å². The van der Waals surface area contributed by atoms with Crippen molar-refractivity contribution < 1.29 is 8.78 Å². The highest BCUT2D eigenvalue weighted by Gasteiger charge is 2.30. The van der Waals surface area contributed by atoms with E-state index in [0.717, 1.165) is 25.6 Å². The molecule has 0 spiro atoms. The zero-order valence-corrected chi connectivity index (χ0v) is 15.0. The van der Waals surface area contributed by atoms with Gasteiger partial charge in [-0.15, -0.1) is 0 Å². The molecule has 0 unspecified atom stereocenters. The molecule has 0 atom stereocenters. The molecule has 0 aromatic heterocycles. The molecule has 0 fully saturated rings. The van der Waals surface area contributed by atoms with Gasteiger partial charge in [-0.05, 0) is 52.8 Å². The molecule has 0 aliphatic carbocycles. The van der Waals surface area contributed by atoms with Gasteiger partial charge in [0.1, 0.15) is 0 Å². The molecule has 2 heterocycles. The van der Waals surface area contributed by atoms with E-state index in [1.54, 1.807) is 11.0 Å². The number of rotatable bonds is 1. The normalized spacial score (nSPS) is 22.0. The molecular weight excluding hydrogens is 282 g/mol. The summed E-state index contributed by atoms with van der Waals surface area (Å²) in [5.74, 6) is -2.64. The van der Waals surface area contributed by atoms with Gasteiger partial charge in [0.05, 0.1) is 6.54 Å². The van der Waals surface area contributed by atoms with Crippen molar-refractivity contribution in [2.24, 2.45) is 0 Å². The second kappa shape index (κ2) is 11.8. The van der Waals surface area contributed by atoms with Crippen LogP contribution in [0.2, 0.25) is 0 Å². The monoisotopic (exact) mass is 316 g/mol. The Balaban J connectivity index is 0.000000382. The lowest BCUT2D eigenvalue weighted by atomic mass is 10.2. The molecule has 22 heavy (non-hydrogen) atoms. The van der Waals surface area contributed by atoms with Crippen molar-refractivity contribution in [2.45, 2.75) is 58.9 Å². The van der Waals surface area contributed by atoms with Gasteiger partial charge < -0.3 is 4.90 Å². The molecular formula is C18H34F2N2. The van der Waals surface area contributed by atoms with Crippen LogP contribution in [0.1, 0.15) is 47.0 Å². The molecule has 4 heteroatoms. The third kappa shape index (κ3) is 10.1. The van der Waals surface area contributed by atoms with Crippen molar-refractivity contribution in [3.05, 3.63) is 24.3 Å². The Hall–Kier alpha value is -0.740. The van der Waals surface area contributed by atoms with Crippen LogP contribution in [0.15, 0.2) is 24.3 Å². The predicted molar refractivity (Wildman–Crippen MR) is 92.6 cm³/mol. The molecule has 0 aromatic rings. The van der Waals surface area contributed by atoms with E-state index in [2.05, 4.69) is 24.1 Å². The molecule has 0 saturated carbocycles. The molecule has 130 valence electrons. The highest BCUT2D eigenvalue weighted by molar-refractivity contribution is 5.00. The quantitative estimate of drug-likeness (QED) is 0.653. The fraction of sp³-hybridized carbons (Fsp3) is 0.778. The van der Waals surface area contributed by atoms with E-state index in [0.29, 0.717) is 0 Å². The van der Waals surface area contributed by atoms with Crippen LogP contribution in [0, 0.1) is 0 Å². The minimum atomic E-state index is -2.64. The molecule has 0 radical (unpaired) electrons. The summed E-state index contributed by atoms with van der Waals surface area (Å²) >= 11 is 0. The van der Waals surface area contributed by atoms with Gasteiger partial charge in [-0.3, -0.25) is 4.90 Å². The Morgan fingerprint density at radius 3 is 2.32 bits per heavy atom. The van der Waals surface area contributed by atoms with Crippen molar-refractivity contribution in [2.75, 3.05) is 33.2 Å². The van der Waals surface area contributed by atoms with Gasteiger partial charge in [-0.2, -0.15) is 0 Å². The second-order valence-corrected chi connectivity index (χ2v) is 5.89. The van der Waals surface area contributed by atoms with Crippen molar-refractivity contribution in [3.8, 4) is 0 Å². The molecule has 2 rings (SSSR count). The van der Waals surface area contributed by atoms with E-state index in [4.69, 9.17) is 0 Å². The van der Waals surface area contributed by atoms with Gasteiger partial charge in [-0.1, -0.05) is 32.1 Å². The second-order valence-electron chi connectivity index (χ2n) is 5.89. The molecule has 2 aliphatic heterocycles. The lowest BCUT2D eigenvalue weighted by Gasteiger charge is -2.27. The SMILES string of the molecule is CC.CC(C)N1CCC=CC(F)(F)C1.CN1CC=CCCC1. The summed E-state index contributed by atoms with van der Waals surface area (Å²) in [5.41, 5.74) is 0. The highest BCUT2D eigenvalue weighted by Crippen LogP contribution is 2.21. The number of nitrogens with zero attached hydrogens (tertiary/aromatic N) is 2. The Kier molecular flexibility index (Phi) is 11.4. The number of allylic oxidation sites excluding steroid dienone is 1. The van der Waals surface area contributed by atoms with E-state index in [-0.39, 0.29) is 12.6 Å². The fourth-order valence-corrected chi connectivity index (χ4v) is 2.28. The first-order chi connectivity index (χ1) is 10.4. The lowest BCUT2D eigenvalue weighted by Crippen LogP contribution is -2.39. The topological polar surface area (TPSA) is 6.48 Å². The van der Waals surface area contributed by atoms with Crippen LogP contribution in [-0.4, -0.2) is 55.0 Å². The first-order valence-electron chi connectivity index (χ1n) is 8.54. The first kappa shape index (κ1) is 21.3. The summed E-state index contributed by atoms with van der Waals surface area (Å²) in [7, 11) is 2.16. The highest BCUT2D eigenvalue weighted by atomic mass is 19.3. The van der Waals surface area contributed by atoms with Gasteiger partial charge in [0, 0.05) is 19.1 Å². The number of alkyl halides is 2. The predicted octanol–water partition coefficient (Wildman–Crippen LogP) is 4.59. The summed E-state index contributed by atoms with van der Waals surface area (Å²) in [6.45, 7) is 10.9. The van der Waals surface area contributed by atoms with Crippen LogP contribution in [0.4, 0.5) is 8.78 Å². The van der Waals surface area contributed by atoms with Crippen LogP contribution < -0.4 is 0 Å². The van der Waals surface area contributed by atoms with Gasteiger partial charge in [-0.25, -0.2) is 8.78 Å². The summed E-state index contributed by atoms with van der Waals surface area (Å²) in [5, 5.41) is 0. The molecule has 2 aliphatic rings. The van der Waals surface area contributed by atoms with Crippen LogP contribution in [-0.2, 0) is 0 Å². The first-order valence-corrected chi connectivity index (χ1v) is 8.54. The van der Waals surface area contributed by atoms with E-state index in [9.17, 15) is 8.78 Å². The minimum Gasteiger partial charge on any atom is -0.303 e. The minimum absolute atomic E-state index is 0.138. The largest absolute Gasteiger partial charge is 0.303 e. The fourth-order valence-electron chi connectivity index (χ4n) is 2.28. The number of hydrogen-bond donors (Lipinski definition) is 0. The smallest absolute Gasteiger partial charge is 0.278 e. The Labute approximate surface area is 135 Å². The zero-order chi connectivity index (χ0) is 17.0. The molecule has 2 nitrogen and oxygen atoms in total. The van der Waals surface area contributed by atoms with Gasteiger partial charge in [0.2, 0.25) is 0 Å². The Morgan fingerprint density at radius 2 is 1.68 bits per heavy atom. The lowest BCUT2D eigenvalue weighted by molar-refractivity contribution is 0.00869. The molecule has 0 bridgehead atoms. The van der Waals surface area contributed by atoms with Crippen molar-refractivity contribution >= 4 is 0 Å². The van der Waals surface area contributed by atoms with Crippen LogP contribution in [0.25, 0.3) is 0 Å². The number of hydrogen-bond acceptors (Lipinski definition) is 2. The van der Waals surface area contributed by atoms with E-state index in [1.807, 2.05) is 27.7 Å².